The normalized spacial score (nSPS) is 20.0. The van der Waals surface area contributed by atoms with E-state index < -0.39 is 9.84 Å². The molecule has 0 aliphatic carbocycles. The second-order valence-corrected chi connectivity index (χ2v) is 9.93. The summed E-state index contributed by atoms with van der Waals surface area (Å²) in [6.07, 6.45) is 1.41. The Hall–Kier alpha value is -0.860. The molecule has 1 unspecified atom stereocenters. The molecule has 1 atom stereocenters. The van der Waals surface area contributed by atoms with Crippen LogP contribution in [0.1, 0.15) is 17.8 Å². The average molecular weight is 416 g/mol. The molecule has 0 spiro atoms. The van der Waals surface area contributed by atoms with Crippen LogP contribution < -0.4 is 0 Å². The van der Waals surface area contributed by atoms with Crippen LogP contribution in [0.3, 0.4) is 0 Å². The number of sulfone groups is 1. The van der Waals surface area contributed by atoms with Gasteiger partial charge in [-0.15, -0.1) is 10.2 Å². The molecule has 124 valence electrons. The molecular weight excluding hydrogens is 398 g/mol. The highest BCUT2D eigenvalue weighted by Gasteiger charge is 2.29. The Kier molecular flexibility index (Phi) is 5.13. The Bertz CT molecular complexity index is 788. The summed E-state index contributed by atoms with van der Waals surface area (Å²) in [5.41, 5.74) is 1.23. The van der Waals surface area contributed by atoms with E-state index >= 15 is 0 Å². The van der Waals surface area contributed by atoms with Crippen LogP contribution in [0, 0.1) is 5.92 Å². The lowest BCUT2D eigenvalue weighted by atomic mass is 10.1. The van der Waals surface area contributed by atoms with Crippen LogP contribution in [-0.4, -0.2) is 34.7 Å². The number of hydrogen-bond donors (Lipinski definition) is 0. The highest BCUT2D eigenvalue weighted by Crippen LogP contribution is 2.25. The molecule has 0 saturated carbocycles. The minimum absolute atomic E-state index is 0.173. The van der Waals surface area contributed by atoms with Gasteiger partial charge < -0.3 is 4.57 Å². The van der Waals surface area contributed by atoms with Gasteiger partial charge in [0, 0.05) is 23.7 Å². The molecule has 0 N–H and O–H groups in total. The zero-order valence-electron chi connectivity index (χ0n) is 12.8. The topological polar surface area (TPSA) is 64.8 Å². The first-order valence-electron chi connectivity index (χ1n) is 7.39. The number of rotatable bonds is 5. The van der Waals surface area contributed by atoms with E-state index in [1.54, 1.807) is 11.8 Å². The van der Waals surface area contributed by atoms with Gasteiger partial charge in [0.25, 0.3) is 0 Å². The Morgan fingerprint density at radius 3 is 2.70 bits per heavy atom. The van der Waals surface area contributed by atoms with Gasteiger partial charge in [-0.2, -0.15) is 0 Å². The smallest absolute Gasteiger partial charge is 0.191 e. The van der Waals surface area contributed by atoms with Crippen molar-refractivity contribution in [2.75, 3.05) is 11.5 Å². The van der Waals surface area contributed by atoms with Crippen LogP contribution in [0.2, 0.25) is 0 Å². The van der Waals surface area contributed by atoms with Gasteiger partial charge >= 0.3 is 0 Å². The summed E-state index contributed by atoms with van der Waals surface area (Å²) >= 11 is 5.07. The van der Waals surface area contributed by atoms with Crippen molar-refractivity contribution in [1.82, 2.24) is 14.8 Å². The van der Waals surface area contributed by atoms with Crippen LogP contribution >= 0.6 is 27.7 Å². The average Bonchev–Trinajstić information content (AvgIpc) is 3.02. The van der Waals surface area contributed by atoms with Crippen molar-refractivity contribution < 1.29 is 8.42 Å². The molecule has 1 aliphatic rings. The van der Waals surface area contributed by atoms with Crippen LogP contribution in [0.25, 0.3) is 0 Å². The maximum Gasteiger partial charge on any atom is 0.191 e. The van der Waals surface area contributed by atoms with Gasteiger partial charge in [0.2, 0.25) is 0 Å². The molecule has 3 rings (SSSR count). The molecule has 1 saturated heterocycles. The van der Waals surface area contributed by atoms with E-state index in [-0.39, 0.29) is 11.7 Å². The molecule has 0 amide bonds. The summed E-state index contributed by atoms with van der Waals surface area (Å²) in [5.74, 6) is 2.46. The predicted molar refractivity (Wildman–Crippen MR) is 95.2 cm³/mol. The van der Waals surface area contributed by atoms with E-state index in [1.807, 2.05) is 23.7 Å². The molecule has 1 aromatic carbocycles. The van der Waals surface area contributed by atoms with E-state index in [4.69, 9.17) is 0 Å². The van der Waals surface area contributed by atoms with Crippen LogP contribution in [0.4, 0.5) is 0 Å². The molecule has 5 nitrogen and oxygen atoms in total. The van der Waals surface area contributed by atoms with E-state index in [0.29, 0.717) is 12.2 Å². The van der Waals surface area contributed by atoms with Crippen molar-refractivity contribution in [3.8, 4) is 0 Å². The number of thioether (sulfide) groups is 1. The Labute approximate surface area is 148 Å². The summed E-state index contributed by atoms with van der Waals surface area (Å²) in [5, 5.41) is 9.35. The summed E-state index contributed by atoms with van der Waals surface area (Å²) in [7, 11) is -0.891. The van der Waals surface area contributed by atoms with Gasteiger partial charge in [-0.25, -0.2) is 8.42 Å². The number of benzene rings is 1. The van der Waals surface area contributed by atoms with Crippen molar-refractivity contribution >= 4 is 37.5 Å². The Morgan fingerprint density at radius 2 is 2.04 bits per heavy atom. The summed E-state index contributed by atoms with van der Waals surface area (Å²) in [4.78, 5) is 0. The molecule has 1 fully saturated rings. The summed E-state index contributed by atoms with van der Waals surface area (Å²) < 4.78 is 26.2. The third kappa shape index (κ3) is 4.36. The monoisotopic (exact) mass is 415 g/mol. The standard InChI is InChI=1S/C15H18BrN3O2S2/c1-19-14(8-12-6-7-23(20,21)10-12)17-18-15(19)22-9-11-2-4-13(16)5-3-11/h2-5,12H,6-10H2,1H3. The zero-order valence-corrected chi connectivity index (χ0v) is 16.0. The molecule has 8 heteroatoms. The fourth-order valence-corrected chi connectivity index (χ4v) is 5.68. The van der Waals surface area contributed by atoms with E-state index in [9.17, 15) is 8.42 Å². The molecule has 0 bridgehead atoms. The maximum atomic E-state index is 11.6. The fraction of sp³-hybridized carbons (Fsp3) is 0.467. The minimum atomic E-state index is -2.84. The molecule has 2 heterocycles. The largest absolute Gasteiger partial charge is 0.309 e. The first-order chi connectivity index (χ1) is 10.9. The first-order valence-corrected chi connectivity index (χ1v) is 11.0. The fourth-order valence-electron chi connectivity index (χ4n) is 2.67. The lowest BCUT2D eigenvalue weighted by Gasteiger charge is -2.07. The van der Waals surface area contributed by atoms with Crippen molar-refractivity contribution in [1.29, 1.82) is 0 Å². The number of halogens is 1. The second-order valence-electron chi connectivity index (χ2n) is 5.85. The number of hydrogen-bond acceptors (Lipinski definition) is 5. The second kappa shape index (κ2) is 6.94. The van der Waals surface area contributed by atoms with Gasteiger partial charge in [0.1, 0.15) is 5.82 Å². The van der Waals surface area contributed by atoms with Gasteiger partial charge in [-0.05, 0) is 30.0 Å². The maximum absolute atomic E-state index is 11.6. The Morgan fingerprint density at radius 1 is 1.30 bits per heavy atom. The lowest BCUT2D eigenvalue weighted by molar-refractivity contribution is 0.552. The molecule has 1 aromatic heterocycles. The molecular formula is C15H18BrN3O2S2. The van der Waals surface area contributed by atoms with Gasteiger partial charge in [0.15, 0.2) is 15.0 Å². The lowest BCUT2D eigenvalue weighted by Crippen LogP contribution is -2.11. The van der Waals surface area contributed by atoms with E-state index in [2.05, 4.69) is 38.3 Å². The van der Waals surface area contributed by atoms with Crippen LogP contribution in [0.15, 0.2) is 33.9 Å². The highest BCUT2D eigenvalue weighted by molar-refractivity contribution is 9.10. The van der Waals surface area contributed by atoms with Crippen molar-refractivity contribution in [2.45, 2.75) is 23.8 Å². The van der Waals surface area contributed by atoms with Gasteiger partial charge in [-0.3, -0.25) is 0 Å². The number of nitrogens with zero attached hydrogens (tertiary/aromatic N) is 3. The van der Waals surface area contributed by atoms with Gasteiger partial charge in [-0.1, -0.05) is 39.8 Å². The third-order valence-electron chi connectivity index (χ3n) is 4.00. The molecule has 2 aromatic rings. The quantitative estimate of drug-likeness (QED) is 0.702. The van der Waals surface area contributed by atoms with Crippen LogP contribution in [-0.2, 0) is 29.1 Å². The van der Waals surface area contributed by atoms with Gasteiger partial charge in [0.05, 0.1) is 11.5 Å². The van der Waals surface area contributed by atoms with Crippen molar-refractivity contribution in [2.24, 2.45) is 13.0 Å². The first kappa shape index (κ1) is 17.0. The van der Waals surface area contributed by atoms with Crippen LogP contribution in [0.5, 0.6) is 0 Å². The predicted octanol–water partition coefficient (Wildman–Crippen LogP) is 2.85. The molecule has 1 aliphatic heterocycles. The molecule has 0 radical (unpaired) electrons. The Balaban J connectivity index is 1.61. The summed E-state index contributed by atoms with van der Waals surface area (Å²) in [6.45, 7) is 0. The minimum Gasteiger partial charge on any atom is -0.309 e. The van der Waals surface area contributed by atoms with E-state index in [1.165, 1.54) is 5.56 Å². The van der Waals surface area contributed by atoms with Crippen molar-refractivity contribution in [3.63, 3.8) is 0 Å². The number of aromatic nitrogens is 3. The molecule has 23 heavy (non-hydrogen) atoms. The van der Waals surface area contributed by atoms with E-state index in [0.717, 1.165) is 27.6 Å². The van der Waals surface area contributed by atoms with Crippen molar-refractivity contribution in [3.05, 3.63) is 40.1 Å². The SMILES string of the molecule is Cn1c(CC2CCS(=O)(=O)C2)nnc1SCc1ccc(Br)cc1. The zero-order chi connectivity index (χ0) is 16.4. The highest BCUT2D eigenvalue weighted by atomic mass is 79.9. The summed E-state index contributed by atoms with van der Waals surface area (Å²) in [6, 6.07) is 8.21. The third-order valence-corrected chi connectivity index (χ3v) is 7.46.